The number of nitro benzene ring substituents is 1. The number of benzene rings is 2. The highest BCUT2D eigenvalue weighted by molar-refractivity contribution is 7.22. The van der Waals surface area contributed by atoms with Crippen LogP contribution in [0.15, 0.2) is 41.2 Å². The maximum atomic E-state index is 13.0. The first-order valence-corrected chi connectivity index (χ1v) is 8.68. The number of aliphatic hydroxyl groups excluding tert-OH is 1. The molecule has 2 N–H and O–H groups in total. The minimum absolute atomic E-state index is 0.00951. The summed E-state index contributed by atoms with van der Waals surface area (Å²) in [5.41, 5.74) is -1.68. The molecule has 28 heavy (non-hydrogen) atoms. The van der Waals surface area contributed by atoms with E-state index in [4.69, 9.17) is 5.11 Å². The molecule has 11 heteroatoms. The van der Waals surface area contributed by atoms with E-state index in [-0.39, 0.29) is 16.4 Å². The Morgan fingerprint density at radius 3 is 2.46 bits per heavy atom. The lowest BCUT2D eigenvalue weighted by atomic mass is 10.1. The Morgan fingerprint density at radius 1 is 1.21 bits per heavy atom. The van der Waals surface area contributed by atoms with Crippen LogP contribution >= 0.6 is 11.3 Å². The molecule has 0 bridgehead atoms. The summed E-state index contributed by atoms with van der Waals surface area (Å²) in [6, 6.07) is 7.78. The van der Waals surface area contributed by atoms with Gasteiger partial charge in [-0.05, 0) is 30.2 Å². The number of aromatic nitrogens is 1. The van der Waals surface area contributed by atoms with Crippen LogP contribution in [0, 0.1) is 10.1 Å². The molecule has 0 aliphatic carbocycles. The Hall–Kier alpha value is -3.05. The Kier molecular flexibility index (Phi) is 5.29. The number of anilines is 2. The highest BCUT2D eigenvalue weighted by Crippen LogP contribution is 2.38. The number of non-ortho nitro benzene ring substituents is 1. The summed E-state index contributed by atoms with van der Waals surface area (Å²) in [7, 11) is 0. The van der Waals surface area contributed by atoms with Crippen LogP contribution < -0.4 is 10.9 Å². The maximum Gasteiger partial charge on any atom is 0.416 e. The molecule has 0 amide bonds. The number of nitrogens with one attached hydrogen (secondary N) is 1. The van der Waals surface area contributed by atoms with Crippen molar-refractivity contribution in [2.45, 2.75) is 12.6 Å². The molecule has 0 aliphatic rings. The molecule has 0 atom stereocenters. The maximum absolute atomic E-state index is 13.0. The number of rotatable bonds is 5. The summed E-state index contributed by atoms with van der Waals surface area (Å²) in [6.07, 6.45) is -4.36. The average Bonchev–Trinajstić information content (AvgIpc) is 2.62. The zero-order chi connectivity index (χ0) is 20.5. The third kappa shape index (κ3) is 4.10. The number of alkyl halides is 3. The Labute approximate surface area is 159 Å². The number of hydrogen-bond acceptors (Lipinski definition) is 7. The Bertz CT molecular complexity index is 1100. The predicted molar refractivity (Wildman–Crippen MR) is 98.1 cm³/mol. The fraction of sp³-hybridized carbons (Fsp3) is 0.176. The number of fused-ring (bicyclic) bond motifs is 1. The van der Waals surface area contributed by atoms with Gasteiger partial charge in [0.1, 0.15) is 4.70 Å². The van der Waals surface area contributed by atoms with Gasteiger partial charge < -0.3 is 10.4 Å². The first kappa shape index (κ1) is 19.7. The van der Waals surface area contributed by atoms with Crippen molar-refractivity contribution in [1.82, 2.24) is 4.98 Å². The van der Waals surface area contributed by atoms with E-state index in [9.17, 15) is 28.1 Å². The van der Waals surface area contributed by atoms with Gasteiger partial charge in [-0.1, -0.05) is 23.5 Å². The van der Waals surface area contributed by atoms with Crippen LogP contribution in [0.3, 0.4) is 0 Å². The van der Waals surface area contributed by atoms with E-state index in [0.29, 0.717) is 35.6 Å². The van der Waals surface area contributed by atoms with E-state index in [1.165, 1.54) is 0 Å². The van der Waals surface area contributed by atoms with Gasteiger partial charge >= 0.3 is 6.18 Å². The minimum Gasteiger partial charge on any atom is -0.396 e. The van der Waals surface area contributed by atoms with Gasteiger partial charge in [-0.15, -0.1) is 0 Å². The number of hydrogen-bond donors (Lipinski definition) is 2. The quantitative estimate of drug-likeness (QED) is 0.488. The molecule has 0 aliphatic heterocycles. The lowest BCUT2D eigenvalue weighted by Gasteiger charge is -2.09. The summed E-state index contributed by atoms with van der Waals surface area (Å²) < 4.78 is 38.7. The highest BCUT2D eigenvalue weighted by atomic mass is 32.1. The molecule has 1 heterocycles. The smallest absolute Gasteiger partial charge is 0.396 e. The molecule has 0 fully saturated rings. The standard InChI is InChI=1S/C17H12F3N3O4S/c18-17(19,20)10-7-12-14(13(8-10)23(26)27)28-16(22-15(12)25)21-11-3-1-9(2-4-11)5-6-24/h1-4,7-8,24H,5-6H2,(H,21,22,25). The molecule has 0 saturated carbocycles. The minimum atomic E-state index is -4.83. The van der Waals surface area contributed by atoms with Crippen LogP contribution in [-0.4, -0.2) is 21.6 Å². The van der Waals surface area contributed by atoms with Crippen LogP contribution in [-0.2, 0) is 12.6 Å². The van der Waals surface area contributed by atoms with Crippen LogP contribution in [0.5, 0.6) is 0 Å². The zero-order valence-electron chi connectivity index (χ0n) is 14.0. The summed E-state index contributed by atoms with van der Waals surface area (Å²) in [5.74, 6) is 0. The number of aliphatic hydroxyl groups is 1. The van der Waals surface area contributed by atoms with E-state index in [2.05, 4.69) is 10.3 Å². The van der Waals surface area contributed by atoms with E-state index in [0.717, 1.165) is 5.56 Å². The predicted octanol–water partition coefficient (Wildman–Crippen LogP) is 3.86. The Balaban J connectivity index is 2.07. The van der Waals surface area contributed by atoms with Gasteiger partial charge in [0, 0.05) is 18.4 Å². The highest BCUT2D eigenvalue weighted by Gasteiger charge is 2.34. The molecule has 0 unspecified atom stereocenters. The topological polar surface area (TPSA) is 105 Å². The van der Waals surface area contributed by atoms with Crippen molar-refractivity contribution >= 4 is 37.9 Å². The first-order chi connectivity index (χ1) is 13.2. The molecule has 3 aromatic rings. The average molecular weight is 411 g/mol. The van der Waals surface area contributed by atoms with Crippen LogP contribution in [0.2, 0.25) is 0 Å². The molecule has 0 spiro atoms. The van der Waals surface area contributed by atoms with Crippen LogP contribution in [0.1, 0.15) is 11.1 Å². The monoisotopic (exact) mass is 411 g/mol. The largest absolute Gasteiger partial charge is 0.416 e. The molecule has 0 saturated heterocycles. The SMILES string of the molecule is O=c1nc(Nc2ccc(CCO)cc2)sc2c([N+](=O)[O-])cc(C(F)(F)F)cc12. The molecule has 0 radical (unpaired) electrons. The van der Waals surface area contributed by atoms with Crippen molar-refractivity contribution in [3.05, 3.63) is 68.0 Å². The number of halogens is 3. The lowest BCUT2D eigenvalue weighted by Crippen LogP contribution is -2.12. The summed E-state index contributed by atoms with van der Waals surface area (Å²) in [5, 5.41) is 22.5. The van der Waals surface area contributed by atoms with E-state index < -0.39 is 33.3 Å². The van der Waals surface area contributed by atoms with Crippen molar-refractivity contribution in [2.24, 2.45) is 0 Å². The molecular formula is C17H12F3N3O4S. The fourth-order valence-corrected chi connectivity index (χ4v) is 3.50. The van der Waals surface area contributed by atoms with Crippen LogP contribution in [0.4, 0.5) is 29.7 Å². The van der Waals surface area contributed by atoms with Crippen molar-refractivity contribution in [1.29, 1.82) is 0 Å². The molecule has 7 nitrogen and oxygen atoms in total. The third-order valence-electron chi connectivity index (χ3n) is 3.83. The fourth-order valence-electron chi connectivity index (χ4n) is 2.51. The molecular weight excluding hydrogens is 399 g/mol. The van der Waals surface area contributed by atoms with Gasteiger partial charge in [-0.3, -0.25) is 14.9 Å². The van der Waals surface area contributed by atoms with E-state index >= 15 is 0 Å². The molecule has 146 valence electrons. The normalized spacial score (nSPS) is 11.6. The van der Waals surface area contributed by atoms with Gasteiger partial charge in [0.15, 0.2) is 5.13 Å². The van der Waals surface area contributed by atoms with Crippen molar-refractivity contribution in [3.8, 4) is 0 Å². The first-order valence-electron chi connectivity index (χ1n) is 7.86. The second kappa shape index (κ2) is 7.52. The van der Waals surface area contributed by atoms with Gasteiger partial charge in [0.25, 0.3) is 11.2 Å². The summed E-state index contributed by atoms with van der Waals surface area (Å²) in [4.78, 5) is 26.2. The van der Waals surface area contributed by atoms with E-state index in [1.807, 2.05) is 0 Å². The molecule has 2 aromatic carbocycles. The summed E-state index contributed by atoms with van der Waals surface area (Å²) >= 11 is 0.713. The Morgan fingerprint density at radius 2 is 1.89 bits per heavy atom. The van der Waals surface area contributed by atoms with Gasteiger partial charge in [-0.25, -0.2) is 0 Å². The van der Waals surface area contributed by atoms with Crippen molar-refractivity contribution < 1.29 is 23.2 Å². The third-order valence-corrected chi connectivity index (χ3v) is 4.85. The van der Waals surface area contributed by atoms with Crippen LogP contribution in [0.25, 0.3) is 10.1 Å². The molecule has 3 rings (SSSR count). The second-order valence-electron chi connectivity index (χ2n) is 5.75. The number of nitro groups is 1. The van der Waals surface area contributed by atoms with Crippen molar-refractivity contribution in [3.63, 3.8) is 0 Å². The van der Waals surface area contributed by atoms with E-state index in [1.54, 1.807) is 24.3 Å². The second-order valence-corrected chi connectivity index (χ2v) is 6.75. The van der Waals surface area contributed by atoms with Crippen molar-refractivity contribution in [2.75, 3.05) is 11.9 Å². The zero-order valence-corrected chi connectivity index (χ0v) is 14.8. The summed E-state index contributed by atoms with van der Waals surface area (Å²) in [6.45, 7) is -0.00972. The number of nitrogens with zero attached hydrogens (tertiary/aromatic N) is 2. The van der Waals surface area contributed by atoms with Gasteiger partial charge in [-0.2, -0.15) is 18.2 Å². The molecule has 1 aromatic heterocycles. The van der Waals surface area contributed by atoms with Gasteiger partial charge in [0.2, 0.25) is 0 Å². The van der Waals surface area contributed by atoms with Gasteiger partial charge in [0.05, 0.1) is 15.9 Å². The lowest BCUT2D eigenvalue weighted by molar-refractivity contribution is -0.383.